The van der Waals surface area contributed by atoms with E-state index >= 15 is 0 Å². The van der Waals surface area contributed by atoms with E-state index in [0.717, 1.165) is 18.9 Å². The molecule has 0 bridgehead atoms. The molecule has 2 aliphatic rings. The van der Waals surface area contributed by atoms with E-state index in [1.165, 1.54) is 12.1 Å². The van der Waals surface area contributed by atoms with Gasteiger partial charge >= 0.3 is 6.18 Å². The molecule has 4 nitrogen and oxygen atoms in total. The van der Waals surface area contributed by atoms with Gasteiger partial charge in [-0.25, -0.2) is 0 Å². The van der Waals surface area contributed by atoms with E-state index in [-0.39, 0.29) is 37.0 Å². The average molecular weight is 342 g/mol. The topological polar surface area (TPSA) is 43.8 Å². The zero-order valence-electron chi connectivity index (χ0n) is 13.5. The van der Waals surface area contributed by atoms with E-state index in [1.54, 1.807) is 22.9 Å². The Hall–Kier alpha value is -1.60. The van der Waals surface area contributed by atoms with Crippen molar-refractivity contribution in [2.45, 2.75) is 43.6 Å². The quantitative estimate of drug-likeness (QED) is 0.914. The van der Waals surface area contributed by atoms with Crippen molar-refractivity contribution >= 4 is 5.91 Å². The molecule has 3 rings (SSSR count). The van der Waals surface area contributed by atoms with Crippen LogP contribution in [0.5, 0.6) is 0 Å². The summed E-state index contributed by atoms with van der Waals surface area (Å²) in [6, 6.07) is 5.06. The van der Waals surface area contributed by atoms with Crippen LogP contribution < -0.4 is 0 Å². The molecule has 1 aliphatic heterocycles. The van der Waals surface area contributed by atoms with Gasteiger partial charge in [0.05, 0.1) is 18.2 Å². The molecule has 1 aromatic carbocycles. The number of alkyl halides is 3. The number of amides is 1. The van der Waals surface area contributed by atoms with E-state index in [9.17, 15) is 23.1 Å². The third kappa shape index (κ3) is 3.57. The smallest absolute Gasteiger partial charge is 0.392 e. The number of likely N-dealkylation sites (N-methyl/N-ethyl adjacent to an activating group) is 1. The van der Waals surface area contributed by atoms with Crippen molar-refractivity contribution in [3.8, 4) is 0 Å². The van der Waals surface area contributed by atoms with Gasteiger partial charge in [-0.2, -0.15) is 13.2 Å². The highest BCUT2D eigenvalue weighted by molar-refractivity contribution is 5.78. The second kappa shape index (κ2) is 6.37. The van der Waals surface area contributed by atoms with Gasteiger partial charge in [-0.1, -0.05) is 18.2 Å². The highest BCUT2D eigenvalue weighted by Gasteiger charge is 2.41. The maximum absolute atomic E-state index is 13.3. The fraction of sp³-hybridized carbons (Fsp3) is 0.588. The second-order valence-electron chi connectivity index (χ2n) is 6.66. The number of hydrogen-bond donors (Lipinski definition) is 1. The van der Waals surface area contributed by atoms with Crippen molar-refractivity contribution in [3.63, 3.8) is 0 Å². The average Bonchev–Trinajstić information content (AvgIpc) is 3.29. The first kappa shape index (κ1) is 17.2. The fourth-order valence-electron chi connectivity index (χ4n) is 3.37. The van der Waals surface area contributed by atoms with Gasteiger partial charge in [0.2, 0.25) is 5.91 Å². The van der Waals surface area contributed by atoms with Crippen LogP contribution in [0.4, 0.5) is 13.2 Å². The van der Waals surface area contributed by atoms with Gasteiger partial charge in [0.25, 0.3) is 0 Å². The molecule has 1 aromatic rings. The molecule has 1 saturated carbocycles. The molecule has 0 unspecified atom stereocenters. The van der Waals surface area contributed by atoms with Crippen molar-refractivity contribution in [1.29, 1.82) is 0 Å². The van der Waals surface area contributed by atoms with Crippen LogP contribution in [0.1, 0.15) is 36.4 Å². The summed E-state index contributed by atoms with van der Waals surface area (Å²) >= 11 is 0. The number of nitrogens with zero attached hydrogens (tertiary/aromatic N) is 2. The second-order valence-corrected chi connectivity index (χ2v) is 6.66. The zero-order chi connectivity index (χ0) is 17.5. The summed E-state index contributed by atoms with van der Waals surface area (Å²) in [5.74, 6) is -0.110. The lowest BCUT2D eigenvalue weighted by molar-refractivity contribution is -0.138. The lowest BCUT2D eigenvalue weighted by Gasteiger charge is -2.28. The molecular weight excluding hydrogens is 321 g/mol. The summed E-state index contributed by atoms with van der Waals surface area (Å²) in [6.07, 6.45) is -3.02. The molecular formula is C17H21F3N2O2. The lowest BCUT2D eigenvalue weighted by Crippen LogP contribution is -2.39. The summed E-state index contributed by atoms with van der Waals surface area (Å²) in [4.78, 5) is 15.7. The zero-order valence-corrected chi connectivity index (χ0v) is 13.5. The molecule has 7 heteroatoms. The van der Waals surface area contributed by atoms with Gasteiger partial charge in [0.15, 0.2) is 0 Å². The Kier molecular flexibility index (Phi) is 4.57. The van der Waals surface area contributed by atoms with Gasteiger partial charge in [-0.3, -0.25) is 9.69 Å². The highest BCUT2D eigenvalue weighted by atomic mass is 19.4. The predicted molar refractivity (Wildman–Crippen MR) is 82.2 cm³/mol. The monoisotopic (exact) mass is 342 g/mol. The van der Waals surface area contributed by atoms with E-state index < -0.39 is 23.9 Å². The molecule has 1 aliphatic carbocycles. The Balaban J connectivity index is 1.82. The summed E-state index contributed by atoms with van der Waals surface area (Å²) in [5, 5.41) is 9.95. The molecule has 0 spiro atoms. The maximum Gasteiger partial charge on any atom is 0.416 e. The lowest BCUT2D eigenvalue weighted by atomic mass is 9.97. The minimum absolute atomic E-state index is 0.0287. The first-order valence-electron chi connectivity index (χ1n) is 8.11. The predicted octanol–water partition coefficient (Wildman–Crippen LogP) is 2.43. The van der Waals surface area contributed by atoms with Crippen LogP contribution in [0.2, 0.25) is 0 Å². The molecule has 0 aromatic heterocycles. The number of carbonyl (C=O) groups is 1. The third-order valence-corrected chi connectivity index (χ3v) is 4.83. The molecule has 1 amide bonds. The van der Waals surface area contributed by atoms with Crippen LogP contribution in [0.3, 0.4) is 0 Å². The van der Waals surface area contributed by atoms with Crippen molar-refractivity contribution in [2.24, 2.45) is 0 Å². The standard InChI is InChI=1S/C17H21F3N2O2/c1-21(11-6-7-11)16(24)10-22-9-12(23)8-15(22)13-4-2-3-5-14(13)17(18,19)20/h2-5,11-12,15,23H,6-10H2,1H3/t12-,15-/m0/s1. The molecule has 0 radical (unpaired) electrons. The van der Waals surface area contributed by atoms with Gasteiger partial charge in [-0.15, -0.1) is 0 Å². The summed E-state index contributed by atoms with van der Waals surface area (Å²) in [5.41, 5.74) is -0.569. The van der Waals surface area contributed by atoms with Gasteiger partial charge in [-0.05, 0) is 30.9 Å². The van der Waals surface area contributed by atoms with Crippen molar-refractivity contribution < 1.29 is 23.1 Å². The minimum atomic E-state index is -4.45. The number of aliphatic hydroxyl groups is 1. The number of hydrogen-bond acceptors (Lipinski definition) is 3. The summed E-state index contributed by atoms with van der Waals surface area (Å²) in [7, 11) is 1.73. The number of halogens is 3. The fourth-order valence-corrected chi connectivity index (χ4v) is 3.37. The minimum Gasteiger partial charge on any atom is -0.392 e. The van der Waals surface area contributed by atoms with Crippen LogP contribution >= 0.6 is 0 Å². The Morgan fingerprint density at radius 3 is 2.62 bits per heavy atom. The molecule has 2 fully saturated rings. The first-order valence-corrected chi connectivity index (χ1v) is 8.11. The summed E-state index contributed by atoms with van der Waals surface area (Å²) < 4.78 is 39.8. The van der Waals surface area contributed by atoms with Crippen LogP contribution in [-0.4, -0.2) is 53.1 Å². The first-order chi connectivity index (χ1) is 11.3. The van der Waals surface area contributed by atoms with E-state index in [1.807, 2.05) is 0 Å². The van der Waals surface area contributed by atoms with E-state index in [2.05, 4.69) is 0 Å². The number of rotatable bonds is 4. The Bertz CT molecular complexity index is 616. The molecule has 132 valence electrons. The van der Waals surface area contributed by atoms with Crippen molar-refractivity contribution in [1.82, 2.24) is 9.80 Å². The van der Waals surface area contributed by atoms with Crippen molar-refractivity contribution in [2.75, 3.05) is 20.1 Å². The number of aliphatic hydroxyl groups excluding tert-OH is 1. The number of β-amino-alcohol motifs (C(OH)–C–C–N with tert-alkyl or cyclic N) is 1. The van der Waals surface area contributed by atoms with Crippen LogP contribution in [0.15, 0.2) is 24.3 Å². The molecule has 1 heterocycles. The van der Waals surface area contributed by atoms with Gasteiger partial charge in [0, 0.05) is 25.7 Å². The number of benzene rings is 1. The number of likely N-dealkylation sites (tertiary alicyclic amines) is 1. The molecule has 24 heavy (non-hydrogen) atoms. The van der Waals surface area contributed by atoms with Gasteiger partial charge < -0.3 is 10.0 Å². The molecule has 1 saturated heterocycles. The van der Waals surface area contributed by atoms with Crippen LogP contribution in [0, 0.1) is 0 Å². The van der Waals surface area contributed by atoms with Crippen LogP contribution in [0.25, 0.3) is 0 Å². The van der Waals surface area contributed by atoms with E-state index in [4.69, 9.17) is 0 Å². The SMILES string of the molecule is CN(C(=O)CN1C[C@@H](O)C[C@H]1c1ccccc1C(F)(F)F)C1CC1. The third-order valence-electron chi connectivity index (χ3n) is 4.83. The van der Waals surface area contributed by atoms with Crippen molar-refractivity contribution in [3.05, 3.63) is 35.4 Å². The maximum atomic E-state index is 13.3. The molecule has 2 atom stereocenters. The van der Waals surface area contributed by atoms with E-state index in [0.29, 0.717) is 0 Å². The molecule has 1 N–H and O–H groups in total. The van der Waals surface area contributed by atoms with Gasteiger partial charge in [0.1, 0.15) is 0 Å². The largest absolute Gasteiger partial charge is 0.416 e. The Morgan fingerprint density at radius 1 is 1.33 bits per heavy atom. The van der Waals surface area contributed by atoms with Crippen LogP contribution in [-0.2, 0) is 11.0 Å². The highest BCUT2D eigenvalue weighted by Crippen LogP contribution is 2.40. The Morgan fingerprint density at radius 2 is 2.00 bits per heavy atom. The normalized spacial score (nSPS) is 25.0. The number of carbonyl (C=O) groups excluding carboxylic acids is 1. The Labute approximate surface area is 138 Å². The summed E-state index contributed by atoms with van der Waals surface area (Å²) in [6.45, 7) is 0.238.